The number of ketones is 1. The van der Waals surface area contributed by atoms with Crippen molar-refractivity contribution in [1.82, 2.24) is 4.98 Å². The van der Waals surface area contributed by atoms with Crippen LogP contribution in [-0.2, 0) is 9.53 Å². The van der Waals surface area contributed by atoms with Gasteiger partial charge in [-0.3, -0.25) is 9.59 Å². The largest absolute Gasteiger partial charge is 0.460 e. The van der Waals surface area contributed by atoms with Crippen molar-refractivity contribution >= 4 is 11.8 Å². The van der Waals surface area contributed by atoms with Crippen molar-refractivity contribution in [2.45, 2.75) is 32.8 Å². The molecule has 4 nitrogen and oxygen atoms in total. The van der Waals surface area contributed by atoms with Gasteiger partial charge in [-0.25, -0.2) is 0 Å². The second-order valence-electron chi connectivity index (χ2n) is 4.27. The molecule has 0 fully saturated rings. The number of hydrogen-bond donors (Lipinski definition) is 1. The lowest BCUT2D eigenvalue weighted by Crippen LogP contribution is -2.25. The van der Waals surface area contributed by atoms with E-state index in [4.69, 9.17) is 4.74 Å². The molecule has 1 aromatic rings. The summed E-state index contributed by atoms with van der Waals surface area (Å²) in [6, 6.07) is 3.34. The molecule has 15 heavy (non-hydrogen) atoms. The maximum atomic E-state index is 11.5. The van der Waals surface area contributed by atoms with Crippen molar-refractivity contribution in [2.75, 3.05) is 0 Å². The van der Waals surface area contributed by atoms with Gasteiger partial charge in [-0.1, -0.05) is 0 Å². The van der Waals surface area contributed by atoms with Gasteiger partial charge in [0, 0.05) is 6.20 Å². The molecule has 82 valence electrons. The minimum absolute atomic E-state index is 0.224. The van der Waals surface area contributed by atoms with Gasteiger partial charge < -0.3 is 9.72 Å². The summed E-state index contributed by atoms with van der Waals surface area (Å²) in [4.78, 5) is 25.5. The molecule has 0 aliphatic heterocycles. The van der Waals surface area contributed by atoms with Gasteiger partial charge in [0.1, 0.15) is 12.0 Å². The highest BCUT2D eigenvalue weighted by Gasteiger charge is 2.19. The standard InChI is InChI=1S/C11H15NO3/c1-11(2,3)15-10(14)7-9(13)8-5-4-6-12-8/h4-6,12H,7H2,1-3H3. The third-order valence-corrected chi connectivity index (χ3v) is 1.62. The summed E-state index contributed by atoms with van der Waals surface area (Å²) >= 11 is 0. The first-order chi connectivity index (χ1) is 6.88. The second-order valence-corrected chi connectivity index (χ2v) is 4.27. The molecule has 0 saturated carbocycles. The maximum absolute atomic E-state index is 11.5. The number of H-pyrrole nitrogens is 1. The molecule has 0 aliphatic carbocycles. The Labute approximate surface area is 88.6 Å². The number of carbonyl (C=O) groups excluding carboxylic acids is 2. The smallest absolute Gasteiger partial charge is 0.314 e. The van der Waals surface area contributed by atoms with Crippen LogP contribution in [0.1, 0.15) is 37.7 Å². The lowest BCUT2D eigenvalue weighted by molar-refractivity contribution is -0.153. The Hall–Kier alpha value is -1.58. The monoisotopic (exact) mass is 209 g/mol. The van der Waals surface area contributed by atoms with E-state index in [-0.39, 0.29) is 12.2 Å². The predicted octanol–water partition coefficient (Wildman–Crippen LogP) is 1.93. The summed E-state index contributed by atoms with van der Waals surface area (Å²) < 4.78 is 5.03. The molecule has 0 bridgehead atoms. The number of nitrogens with one attached hydrogen (secondary N) is 1. The highest BCUT2D eigenvalue weighted by molar-refractivity contribution is 6.04. The molecular formula is C11H15NO3. The fourth-order valence-corrected chi connectivity index (χ4v) is 1.11. The number of hydrogen-bond acceptors (Lipinski definition) is 3. The van der Waals surface area contributed by atoms with Crippen molar-refractivity contribution in [2.24, 2.45) is 0 Å². The van der Waals surface area contributed by atoms with Crippen LogP contribution in [0, 0.1) is 0 Å². The van der Waals surface area contributed by atoms with Crippen LogP contribution in [0.3, 0.4) is 0 Å². The topological polar surface area (TPSA) is 59.2 Å². The first kappa shape index (κ1) is 11.5. The van der Waals surface area contributed by atoms with E-state index in [1.807, 2.05) is 0 Å². The molecule has 0 atom stereocenters. The normalized spacial score (nSPS) is 11.1. The summed E-state index contributed by atoms with van der Waals surface area (Å²) in [6.45, 7) is 5.30. The average Bonchev–Trinajstić information content (AvgIpc) is 2.50. The van der Waals surface area contributed by atoms with Crippen molar-refractivity contribution in [3.8, 4) is 0 Å². The van der Waals surface area contributed by atoms with Gasteiger partial charge >= 0.3 is 5.97 Å². The van der Waals surface area contributed by atoms with E-state index >= 15 is 0 Å². The predicted molar refractivity (Wildman–Crippen MR) is 55.6 cm³/mol. The van der Waals surface area contributed by atoms with Gasteiger partial charge in [0.15, 0.2) is 5.78 Å². The van der Waals surface area contributed by atoms with Crippen LogP contribution in [-0.4, -0.2) is 22.3 Å². The van der Waals surface area contributed by atoms with Crippen molar-refractivity contribution < 1.29 is 14.3 Å². The van der Waals surface area contributed by atoms with Gasteiger partial charge in [0.25, 0.3) is 0 Å². The Bertz CT molecular complexity index is 346. The van der Waals surface area contributed by atoms with Gasteiger partial charge in [0.05, 0.1) is 5.69 Å². The van der Waals surface area contributed by atoms with Gasteiger partial charge in [0.2, 0.25) is 0 Å². The fraction of sp³-hybridized carbons (Fsp3) is 0.455. The lowest BCUT2D eigenvalue weighted by Gasteiger charge is -2.18. The van der Waals surface area contributed by atoms with Crippen LogP contribution in [0.4, 0.5) is 0 Å². The van der Waals surface area contributed by atoms with E-state index in [0.29, 0.717) is 5.69 Å². The number of aromatic amines is 1. The molecule has 0 aliphatic rings. The van der Waals surface area contributed by atoms with E-state index in [1.54, 1.807) is 39.1 Å². The van der Waals surface area contributed by atoms with Gasteiger partial charge in [-0.2, -0.15) is 0 Å². The summed E-state index contributed by atoms with van der Waals surface area (Å²) in [6.07, 6.45) is 1.42. The van der Waals surface area contributed by atoms with Crippen molar-refractivity contribution in [1.29, 1.82) is 0 Å². The van der Waals surface area contributed by atoms with Crippen molar-refractivity contribution in [3.05, 3.63) is 24.0 Å². The zero-order valence-corrected chi connectivity index (χ0v) is 9.16. The minimum atomic E-state index is -0.549. The molecule has 1 N–H and O–H groups in total. The van der Waals surface area contributed by atoms with Crippen LogP contribution in [0.5, 0.6) is 0 Å². The van der Waals surface area contributed by atoms with Gasteiger partial charge in [-0.15, -0.1) is 0 Å². The molecule has 1 rings (SSSR count). The summed E-state index contributed by atoms with van der Waals surface area (Å²) in [5.74, 6) is -0.753. The first-order valence-corrected chi connectivity index (χ1v) is 4.77. The third-order valence-electron chi connectivity index (χ3n) is 1.62. The Kier molecular flexibility index (Phi) is 3.29. The molecule has 0 aromatic carbocycles. The van der Waals surface area contributed by atoms with Crippen LogP contribution >= 0.6 is 0 Å². The molecule has 0 saturated heterocycles. The Morgan fingerprint density at radius 1 is 1.40 bits per heavy atom. The van der Waals surface area contributed by atoms with Crippen LogP contribution in [0.25, 0.3) is 0 Å². The Morgan fingerprint density at radius 2 is 2.07 bits per heavy atom. The molecule has 0 spiro atoms. The average molecular weight is 209 g/mol. The van der Waals surface area contributed by atoms with Crippen LogP contribution in [0.15, 0.2) is 18.3 Å². The Balaban J connectivity index is 2.50. The molecule has 0 amide bonds. The zero-order chi connectivity index (χ0) is 11.5. The fourth-order valence-electron chi connectivity index (χ4n) is 1.11. The van der Waals surface area contributed by atoms with E-state index in [1.165, 1.54) is 0 Å². The van der Waals surface area contributed by atoms with E-state index < -0.39 is 11.6 Å². The van der Waals surface area contributed by atoms with E-state index in [2.05, 4.69) is 4.98 Å². The summed E-state index contributed by atoms with van der Waals surface area (Å²) in [5, 5.41) is 0. The molecule has 1 heterocycles. The highest BCUT2D eigenvalue weighted by Crippen LogP contribution is 2.09. The Morgan fingerprint density at radius 3 is 2.53 bits per heavy atom. The number of rotatable bonds is 3. The van der Waals surface area contributed by atoms with Crippen molar-refractivity contribution in [3.63, 3.8) is 0 Å². The SMILES string of the molecule is CC(C)(C)OC(=O)CC(=O)c1ccc[nH]1. The first-order valence-electron chi connectivity index (χ1n) is 4.77. The summed E-state index contributed by atoms with van der Waals surface area (Å²) in [5.41, 5.74) is -0.117. The molecule has 0 unspecified atom stereocenters. The van der Waals surface area contributed by atoms with Crippen LogP contribution < -0.4 is 0 Å². The zero-order valence-electron chi connectivity index (χ0n) is 9.16. The van der Waals surface area contributed by atoms with Crippen LogP contribution in [0.2, 0.25) is 0 Å². The molecular weight excluding hydrogens is 194 g/mol. The molecule has 4 heteroatoms. The number of Topliss-reactive ketones (excluding diaryl/α,β-unsaturated/α-hetero) is 1. The third kappa shape index (κ3) is 3.97. The highest BCUT2D eigenvalue weighted by atomic mass is 16.6. The quantitative estimate of drug-likeness (QED) is 0.470. The number of ether oxygens (including phenoxy) is 1. The number of carbonyl (C=O) groups is 2. The molecule has 0 radical (unpaired) electrons. The minimum Gasteiger partial charge on any atom is -0.460 e. The lowest BCUT2D eigenvalue weighted by atomic mass is 10.2. The van der Waals surface area contributed by atoms with E-state index in [0.717, 1.165) is 0 Å². The number of aromatic nitrogens is 1. The maximum Gasteiger partial charge on any atom is 0.314 e. The summed E-state index contributed by atoms with van der Waals surface area (Å²) in [7, 11) is 0. The molecule has 1 aromatic heterocycles. The van der Waals surface area contributed by atoms with E-state index in [9.17, 15) is 9.59 Å². The number of esters is 1. The second kappa shape index (κ2) is 4.29. The van der Waals surface area contributed by atoms with Gasteiger partial charge in [-0.05, 0) is 32.9 Å².